The van der Waals surface area contributed by atoms with Gasteiger partial charge in [0.25, 0.3) is 0 Å². The first-order chi connectivity index (χ1) is 19.9. The molecule has 3 aliphatic heterocycles. The molecule has 2 unspecified atom stereocenters. The van der Waals surface area contributed by atoms with Gasteiger partial charge >= 0.3 is 0 Å². The lowest BCUT2D eigenvalue weighted by Crippen LogP contribution is -2.68. The van der Waals surface area contributed by atoms with Crippen LogP contribution in [0.5, 0.6) is 5.88 Å². The van der Waals surface area contributed by atoms with Crippen molar-refractivity contribution in [1.82, 2.24) is 24.5 Å². The molecule has 4 aliphatic rings. The second-order valence-corrected chi connectivity index (χ2v) is 11.1. The minimum atomic E-state index is -0.910. The van der Waals surface area contributed by atoms with Crippen molar-refractivity contribution >= 4 is 11.3 Å². The summed E-state index contributed by atoms with van der Waals surface area (Å²) in [4.78, 5) is 13.6. The molecule has 0 spiro atoms. The molecule has 41 heavy (non-hydrogen) atoms. The molecule has 2 atom stereocenters. The second kappa shape index (κ2) is 9.84. The molecule has 0 amide bonds. The zero-order valence-electron chi connectivity index (χ0n) is 22.6. The van der Waals surface area contributed by atoms with Gasteiger partial charge in [-0.1, -0.05) is 11.8 Å². The van der Waals surface area contributed by atoms with E-state index < -0.39 is 11.4 Å². The number of aromatic nitrogens is 4. The Bertz CT molecular complexity index is 1730. The lowest BCUT2D eigenvalue weighted by molar-refractivity contribution is -0.00884. The molecule has 1 saturated carbocycles. The Hall–Kier alpha value is -4.51. The van der Waals surface area contributed by atoms with Gasteiger partial charge in [-0.25, -0.2) is 18.9 Å². The number of hydrogen-bond donors (Lipinski definition) is 1. The maximum Gasteiger partial charge on any atom is 0.250 e. The average Bonchev–Trinajstić information content (AvgIpc) is 3.41. The summed E-state index contributed by atoms with van der Waals surface area (Å²) in [7, 11) is 1.41. The van der Waals surface area contributed by atoms with E-state index in [9.17, 15) is 14.8 Å². The van der Waals surface area contributed by atoms with Gasteiger partial charge in [0.2, 0.25) is 5.88 Å². The molecular weight excluding hydrogens is 521 g/mol. The number of nitrogens with zero attached hydrogens (tertiary/aromatic N) is 7. The summed E-state index contributed by atoms with van der Waals surface area (Å²) in [5.74, 6) is 6.59. The van der Waals surface area contributed by atoms with Crippen LogP contribution in [0.3, 0.4) is 0 Å². The van der Waals surface area contributed by atoms with Crippen LogP contribution in [0.25, 0.3) is 16.6 Å². The number of rotatable bonds is 5. The van der Waals surface area contributed by atoms with Gasteiger partial charge in [0, 0.05) is 67.0 Å². The third kappa shape index (κ3) is 4.55. The van der Waals surface area contributed by atoms with E-state index in [-0.39, 0.29) is 5.88 Å². The topological polar surface area (TPSA) is 103 Å². The van der Waals surface area contributed by atoms with Crippen LogP contribution in [-0.4, -0.2) is 67.5 Å². The quantitative estimate of drug-likeness (QED) is 0.377. The SMILES string of the molecule is COc1ncc(CN2C3CC2CN(c2ccc(-c4cc(C#CC5(O)CCC5)cn5ncc(C#N)c45)cn2)C3)cc1F. The van der Waals surface area contributed by atoms with Crippen LogP contribution < -0.4 is 9.64 Å². The lowest BCUT2D eigenvalue weighted by Gasteiger charge is -2.56. The number of piperazine rings is 1. The van der Waals surface area contributed by atoms with Gasteiger partial charge in [-0.05, 0) is 55.5 Å². The fraction of sp³-hybridized carbons (Fsp3) is 0.355. The van der Waals surface area contributed by atoms with E-state index in [1.807, 2.05) is 24.4 Å². The van der Waals surface area contributed by atoms with E-state index in [0.29, 0.717) is 48.1 Å². The number of pyridine rings is 3. The van der Waals surface area contributed by atoms with E-state index in [2.05, 4.69) is 37.8 Å². The summed E-state index contributed by atoms with van der Waals surface area (Å²) in [6, 6.07) is 10.4. The zero-order valence-corrected chi connectivity index (χ0v) is 22.6. The fourth-order valence-corrected chi connectivity index (χ4v) is 6.09. The van der Waals surface area contributed by atoms with Crippen molar-refractivity contribution < 1.29 is 14.2 Å². The van der Waals surface area contributed by atoms with Gasteiger partial charge in [0.1, 0.15) is 17.5 Å². The maximum absolute atomic E-state index is 14.1. The normalized spacial score (nSPS) is 20.9. The number of fused-ring (bicyclic) bond motifs is 3. The molecule has 3 saturated heterocycles. The van der Waals surface area contributed by atoms with Crippen LogP contribution in [0.15, 0.2) is 49.1 Å². The summed E-state index contributed by atoms with van der Waals surface area (Å²) in [5.41, 5.74) is 3.50. The van der Waals surface area contributed by atoms with Crippen LogP contribution in [0.2, 0.25) is 0 Å². The minimum absolute atomic E-state index is 0.0166. The second-order valence-electron chi connectivity index (χ2n) is 11.1. The molecule has 0 aromatic carbocycles. The summed E-state index contributed by atoms with van der Waals surface area (Å²) in [5, 5.41) is 24.5. The molecule has 4 fully saturated rings. The first-order valence-electron chi connectivity index (χ1n) is 13.8. The number of nitriles is 1. The van der Waals surface area contributed by atoms with Gasteiger partial charge < -0.3 is 14.7 Å². The predicted octanol–water partition coefficient (Wildman–Crippen LogP) is 3.54. The summed E-state index contributed by atoms with van der Waals surface area (Å²) >= 11 is 0. The zero-order chi connectivity index (χ0) is 28.1. The minimum Gasteiger partial charge on any atom is -0.479 e. The van der Waals surface area contributed by atoms with Crippen molar-refractivity contribution in [3.05, 3.63) is 71.6 Å². The fourth-order valence-electron chi connectivity index (χ4n) is 6.09. The first kappa shape index (κ1) is 25.5. The van der Waals surface area contributed by atoms with Gasteiger partial charge in [0.15, 0.2) is 5.82 Å². The molecular formula is C31H28FN7O2. The Labute approximate surface area is 236 Å². The number of hydrogen-bond acceptors (Lipinski definition) is 8. The van der Waals surface area contributed by atoms with E-state index in [4.69, 9.17) is 9.72 Å². The number of piperidine rings is 1. The molecule has 9 nitrogen and oxygen atoms in total. The van der Waals surface area contributed by atoms with E-state index in [0.717, 1.165) is 48.4 Å². The van der Waals surface area contributed by atoms with Crippen molar-refractivity contribution in [2.75, 3.05) is 25.1 Å². The van der Waals surface area contributed by atoms with Crippen molar-refractivity contribution in [3.63, 3.8) is 0 Å². The van der Waals surface area contributed by atoms with E-state index in [1.54, 1.807) is 23.1 Å². The Kier molecular flexibility index (Phi) is 6.11. The van der Waals surface area contributed by atoms with E-state index in [1.165, 1.54) is 13.2 Å². The highest BCUT2D eigenvalue weighted by atomic mass is 19.1. The summed E-state index contributed by atoms with van der Waals surface area (Å²) in [6.45, 7) is 2.34. The standard InChI is InChI=1S/C31H28FN7O2/c1-41-30-27(32)10-21(13-35-30)16-38-24-11-25(38)19-37(18-24)28-4-3-22(14-34-28)26-9-20(5-8-31(40)6-2-7-31)17-39-29(26)23(12-33)15-36-39/h3-4,9-10,13-15,17,24-25,40H,2,6-7,11,16,18-19H2,1H3. The molecule has 7 heterocycles. The number of ether oxygens (including phenoxy) is 1. The molecule has 1 aliphatic carbocycles. The molecule has 1 N–H and O–H groups in total. The van der Waals surface area contributed by atoms with Crippen LogP contribution >= 0.6 is 0 Å². The van der Waals surface area contributed by atoms with Crippen LogP contribution in [-0.2, 0) is 6.54 Å². The average molecular weight is 550 g/mol. The molecule has 0 radical (unpaired) electrons. The van der Waals surface area contributed by atoms with Gasteiger partial charge in [-0.3, -0.25) is 4.90 Å². The molecule has 10 heteroatoms. The smallest absolute Gasteiger partial charge is 0.250 e. The molecule has 4 aromatic heterocycles. The molecule has 206 valence electrons. The molecule has 4 aromatic rings. The third-order valence-corrected chi connectivity index (χ3v) is 8.50. The largest absolute Gasteiger partial charge is 0.479 e. The predicted molar refractivity (Wildman–Crippen MR) is 150 cm³/mol. The van der Waals surface area contributed by atoms with Gasteiger partial charge in [-0.15, -0.1) is 0 Å². The first-order valence-corrected chi connectivity index (χ1v) is 13.8. The Balaban J connectivity index is 1.10. The Morgan fingerprint density at radius 2 is 1.98 bits per heavy atom. The highest BCUT2D eigenvalue weighted by Crippen LogP contribution is 2.36. The van der Waals surface area contributed by atoms with Crippen LogP contribution in [0.1, 0.15) is 42.4 Å². The summed E-state index contributed by atoms with van der Waals surface area (Å²) < 4.78 is 20.7. The maximum atomic E-state index is 14.1. The van der Waals surface area contributed by atoms with Crippen LogP contribution in [0, 0.1) is 29.0 Å². The van der Waals surface area contributed by atoms with Gasteiger partial charge in [0.05, 0.1) is 24.4 Å². The lowest BCUT2D eigenvalue weighted by atomic mass is 9.81. The monoisotopic (exact) mass is 549 g/mol. The highest BCUT2D eigenvalue weighted by molar-refractivity contribution is 5.85. The van der Waals surface area contributed by atoms with Crippen molar-refractivity contribution in [3.8, 4) is 34.9 Å². The van der Waals surface area contributed by atoms with Crippen molar-refractivity contribution in [1.29, 1.82) is 5.26 Å². The number of halogens is 1. The molecule has 2 bridgehead atoms. The summed E-state index contributed by atoms with van der Waals surface area (Å²) in [6.07, 6.45) is 10.3. The van der Waals surface area contributed by atoms with Crippen molar-refractivity contribution in [2.45, 2.75) is 49.9 Å². The third-order valence-electron chi connectivity index (χ3n) is 8.50. The van der Waals surface area contributed by atoms with Gasteiger partial charge in [-0.2, -0.15) is 10.4 Å². The number of aliphatic hydroxyl groups is 1. The highest BCUT2D eigenvalue weighted by Gasteiger charge is 2.44. The Morgan fingerprint density at radius 1 is 1.15 bits per heavy atom. The number of methoxy groups -OCH3 is 1. The number of anilines is 1. The van der Waals surface area contributed by atoms with Crippen molar-refractivity contribution in [2.24, 2.45) is 0 Å². The van der Waals surface area contributed by atoms with E-state index >= 15 is 0 Å². The molecule has 8 rings (SSSR count). The Morgan fingerprint density at radius 3 is 2.63 bits per heavy atom. The van der Waals surface area contributed by atoms with Crippen LogP contribution in [0.4, 0.5) is 10.2 Å².